The molecule has 0 bridgehead atoms. The maximum atomic E-state index is 14.9. The zero-order valence-corrected chi connectivity index (χ0v) is 21.1. The molecule has 3 aromatic carbocycles. The number of anilines is 1. The van der Waals surface area contributed by atoms with Crippen LogP contribution in [0.3, 0.4) is 0 Å². The number of methoxy groups -OCH3 is 1. The number of aromatic nitrogens is 1. The second-order valence-corrected chi connectivity index (χ2v) is 9.42. The van der Waals surface area contributed by atoms with Crippen LogP contribution in [0.15, 0.2) is 78.9 Å². The molecule has 2 amide bonds. The molecule has 0 aliphatic carbocycles. The van der Waals surface area contributed by atoms with Gasteiger partial charge in [0, 0.05) is 54.7 Å². The van der Waals surface area contributed by atoms with E-state index in [9.17, 15) is 9.18 Å². The third-order valence-corrected chi connectivity index (χ3v) is 7.02. The number of aryl methyl sites for hydroxylation is 1. The van der Waals surface area contributed by atoms with Crippen molar-refractivity contribution in [1.29, 1.82) is 0 Å². The zero-order chi connectivity index (χ0) is 25.8. The Morgan fingerprint density at radius 3 is 2.46 bits per heavy atom. The highest BCUT2D eigenvalue weighted by molar-refractivity contribution is 6.07. The number of carbonyl (C=O) groups is 1. The lowest BCUT2D eigenvalue weighted by molar-refractivity contribution is 0.159. The first-order valence-corrected chi connectivity index (χ1v) is 12.5. The normalized spacial score (nSPS) is 17.7. The van der Waals surface area contributed by atoms with Gasteiger partial charge in [-0.3, -0.25) is 9.88 Å². The van der Waals surface area contributed by atoms with Crippen LogP contribution in [-0.2, 0) is 4.74 Å². The van der Waals surface area contributed by atoms with E-state index in [1.165, 1.54) is 11.6 Å². The van der Waals surface area contributed by atoms with Crippen LogP contribution in [0.25, 0.3) is 22.0 Å². The van der Waals surface area contributed by atoms with Crippen molar-refractivity contribution in [2.45, 2.75) is 18.9 Å². The maximum Gasteiger partial charge on any atom is 0.319 e. The molecule has 4 aromatic rings. The summed E-state index contributed by atoms with van der Waals surface area (Å²) in [6.45, 7) is 4.86. The molecule has 1 fully saturated rings. The average molecular weight is 499 g/mol. The molecule has 1 aromatic heterocycles. The molecule has 7 heteroatoms. The van der Waals surface area contributed by atoms with Crippen molar-refractivity contribution < 1.29 is 13.9 Å². The van der Waals surface area contributed by atoms with Gasteiger partial charge >= 0.3 is 6.03 Å². The molecule has 1 aliphatic heterocycles. The SMILES string of the molecule is COCCN1C[C@@H](NC(=O)Nc2c(-c3ccccc3F)nc(C)c3ccccc23)[C@H](c2ccccc2)C1. The molecular formula is C30H31FN4O2. The van der Waals surface area contributed by atoms with E-state index in [1.807, 2.05) is 49.4 Å². The van der Waals surface area contributed by atoms with E-state index in [1.54, 1.807) is 25.3 Å². The van der Waals surface area contributed by atoms with E-state index in [4.69, 9.17) is 9.72 Å². The third-order valence-electron chi connectivity index (χ3n) is 7.02. The first-order valence-electron chi connectivity index (χ1n) is 12.5. The van der Waals surface area contributed by atoms with Gasteiger partial charge in [0.1, 0.15) is 5.82 Å². The summed E-state index contributed by atoms with van der Waals surface area (Å²) >= 11 is 0. The smallest absolute Gasteiger partial charge is 0.319 e. The minimum atomic E-state index is -0.387. The van der Waals surface area contributed by atoms with Crippen LogP contribution in [0.2, 0.25) is 0 Å². The van der Waals surface area contributed by atoms with Crippen LogP contribution in [0.1, 0.15) is 17.2 Å². The molecule has 1 saturated heterocycles. The van der Waals surface area contributed by atoms with Crippen molar-refractivity contribution in [2.24, 2.45) is 0 Å². The number of hydrogen-bond donors (Lipinski definition) is 2. The lowest BCUT2D eigenvalue weighted by Crippen LogP contribution is -2.42. The second kappa shape index (κ2) is 11.1. The van der Waals surface area contributed by atoms with Crippen molar-refractivity contribution in [3.05, 3.63) is 95.9 Å². The van der Waals surface area contributed by atoms with Gasteiger partial charge in [0.2, 0.25) is 0 Å². The number of rotatable bonds is 7. The summed E-state index contributed by atoms with van der Waals surface area (Å²) in [7, 11) is 1.70. The van der Waals surface area contributed by atoms with E-state index in [0.717, 1.165) is 29.6 Å². The molecule has 0 spiro atoms. The largest absolute Gasteiger partial charge is 0.383 e. The van der Waals surface area contributed by atoms with E-state index in [-0.39, 0.29) is 23.8 Å². The Hall–Kier alpha value is -3.81. The number of hydrogen-bond acceptors (Lipinski definition) is 4. The van der Waals surface area contributed by atoms with E-state index in [0.29, 0.717) is 30.1 Å². The van der Waals surface area contributed by atoms with Gasteiger partial charge < -0.3 is 15.4 Å². The molecule has 2 N–H and O–H groups in total. The molecule has 0 unspecified atom stereocenters. The van der Waals surface area contributed by atoms with Crippen LogP contribution in [0.5, 0.6) is 0 Å². The van der Waals surface area contributed by atoms with Crippen LogP contribution in [0.4, 0.5) is 14.9 Å². The lowest BCUT2D eigenvalue weighted by atomic mass is 9.94. The highest BCUT2D eigenvalue weighted by atomic mass is 19.1. The van der Waals surface area contributed by atoms with Gasteiger partial charge in [0.15, 0.2) is 0 Å². The molecule has 37 heavy (non-hydrogen) atoms. The summed E-state index contributed by atoms with van der Waals surface area (Å²) in [6.07, 6.45) is 0. The monoisotopic (exact) mass is 498 g/mol. The number of carbonyl (C=O) groups excluding carboxylic acids is 1. The molecule has 2 atom stereocenters. The topological polar surface area (TPSA) is 66.5 Å². The summed E-state index contributed by atoms with van der Waals surface area (Å²) in [5, 5.41) is 7.97. The number of fused-ring (bicyclic) bond motifs is 1. The first kappa shape index (κ1) is 24.9. The van der Waals surface area contributed by atoms with Crippen molar-refractivity contribution in [1.82, 2.24) is 15.2 Å². The van der Waals surface area contributed by atoms with E-state index >= 15 is 0 Å². The van der Waals surface area contributed by atoms with Crippen LogP contribution >= 0.6 is 0 Å². The van der Waals surface area contributed by atoms with Gasteiger partial charge in [-0.15, -0.1) is 0 Å². The quantitative estimate of drug-likeness (QED) is 0.349. The second-order valence-electron chi connectivity index (χ2n) is 9.42. The predicted molar refractivity (Wildman–Crippen MR) is 145 cm³/mol. The highest BCUT2D eigenvalue weighted by Gasteiger charge is 2.34. The summed E-state index contributed by atoms with van der Waals surface area (Å²) < 4.78 is 20.1. The minimum absolute atomic E-state index is 0.0964. The number of benzene rings is 3. The molecule has 2 heterocycles. The average Bonchev–Trinajstić information content (AvgIpc) is 3.32. The Labute approximate surface area is 216 Å². The molecule has 190 valence electrons. The molecule has 0 saturated carbocycles. The van der Waals surface area contributed by atoms with Gasteiger partial charge in [0.05, 0.1) is 24.0 Å². The van der Waals surface area contributed by atoms with Crippen molar-refractivity contribution in [2.75, 3.05) is 38.7 Å². The lowest BCUT2D eigenvalue weighted by Gasteiger charge is -2.22. The zero-order valence-electron chi connectivity index (χ0n) is 21.1. The Balaban J connectivity index is 1.46. The summed E-state index contributed by atoms with van der Waals surface area (Å²) in [6, 6.07) is 24.0. The molecule has 6 nitrogen and oxygen atoms in total. The molecule has 1 aliphatic rings. The van der Waals surface area contributed by atoms with Gasteiger partial charge in [0.25, 0.3) is 0 Å². The predicted octanol–water partition coefficient (Wildman–Crippen LogP) is 5.59. The van der Waals surface area contributed by atoms with E-state index in [2.05, 4.69) is 27.7 Å². The number of urea groups is 1. The summed E-state index contributed by atoms with van der Waals surface area (Å²) in [5.74, 6) is -0.246. The molecular weight excluding hydrogens is 467 g/mol. The van der Waals surface area contributed by atoms with E-state index < -0.39 is 0 Å². The van der Waals surface area contributed by atoms with Crippen molar-refractivity contribution in [3.8, 4) is 11.3 Å². The minimum Gasteiger partial charge on any atom is -0.383 e. The fraction of sp³-hybridized carbons (Fsp3) is 0.267. The Morgan fingerprint density at radius 1 is 1.00 bits per heavy atom. The molecule has 0 radical (unpaired) electrons. The van der Waals surface area contributed by atoms with Crippen LogP contribution < -0.4 is 10.6 Å². The Bertz CT molecular complexity index is 1400. The van der Waals surface area contributed by atoms with Crippen LogP contribution in [-0.4, -0.2) is 55.3 Å². The fourth-order valence-electron chi connectivity index (χ4n) is 5.19. The summed E-state index contributed by atoms with van der Waals surface area (Å²) in [5.41, 5.74) is 3.21. The number of pyridine rings is 1. The molecule has 5 rings (SSSR count). The number of amides is 2. The van der Waals surface area contributed by atoms with Crippen molar-refractivity contribution in [3.63, 3.8) is 0 Å². The standard InChI is InChI=1S/C30H31FN4O2/c1-20-22-12-6-7-13-23(22)28(29(32-20)24-14-8-9-15-26(24)31)34-30(36)33-27-19-35(16-17-37-2)18-25(27)21-10-4-3-5-11-21/h3-15,25,27H,16-19H2,1-2H3,(H2,33,34,36)/t25-,27+/m0/s1. The van der Waals surface area contributed by atoms with Gasteiger partial charge in [-0.25, -0.2) is 9.18 Å². The highest BCUT2D eigenvalue weighted by Crippen LogP contribution is 2.36. The number of nitrogens with one attached hydrogen (secondary N) is 2. The first-order chi connectivity index (χ1) is 18.0. The maximum absolute atomic E-state index is 14.9. The van der Waals surface area contributed by atoms with Gasteiger partial charge in [-0.1, -0.05) is 66.7 Å². The number of halogens is 1. The third kappa shape index (κ3) is 5.33. The van der Waals surface area contributed by atoms with Gasteiger partial charge in [-0.05, 0) is 24.6 Å². The Morgan fingerprint density at radius 2 is 1.70 bits per heavy atom. The van der Waals surface area contributed by atoms with Gasteiger partial charge in [-0.2, -0.15) is 0 Å². The van der Waals surface area contributed by atoms with Crippen LogP contribution in [0, 0.1) is 12.7 Å². The number of ether oxygens (including phenoxy) is 1. The van der Waals surface area contributed by atoms with Crippen molar-refractivity contribution >= 4 is 22.5 Å². The number of nitrogens with zero attached hydrogens (tertiary/aromatic N) is 2. The fourth-order valence-corrected chi connectivity index (χ4v) is 5.19. The Kier molecular flexibility index (Phi) is 7.44. The number of likely N-dealkylation sites (tertiary alicyclic amines) is 1. The summed E-state index contributed by atoms with van der Waals surface area (Å²) in [4.78, 5) is 20.5.